The topological polar surface area (TPSA) is 94.3 Å². The third kappa shape index (κ3) is 5.30. The van der Waals surface area contributed by atoms with Crippen molar-refractivity contribution in [3.8, 4) is 28.3 Å². The van der Waals surface area contributed by atoms with Gasteiger partial charge >= 0.3 is 5.69 Å². The number of aryl methyl sites for hydroxylation is 1. The monoisotopic (exact) mass is 525 g/mol. The van der Waals surface area contributed by atoms with E-state index in [9.17, 15) is 4.79 Å². The highest BCUT2D eigenvalue weighted by atomic mass is 19.1. The van der Waals surface area contributed by atoms with E-state index in [4.69, 9.17) is 4.98 Å². The van der Waals surface area contributed by atoms with Gasteiger partial charge in [-0.2, -0.15) is 5.21 Å². The number of unbranched alkanes of at least 4 members (excludes halogenated alkanes) is 1. The molecule has 0 fully saturated rings. The van der Waals surface area contributed by atoms with Crippen LogP contribution in [0.2, 0.25) is 0 Å². The van der Waals surface area contributed by atoms with Gasteiger partial charge in [0.05, 0.1) is 17.9 Å². The molecule has 9 heteroatoms. The van der Waals surface area contributed by atoms with Gasteiger partial charge in [-0.05, 0) is 46.7 Å². The van der Waals surface area contributed by atoms with E-state index < -0.39 is 5.82 Å². The molecular formula is C30H32FN7O. The fraction of sp³-hybridized carbons (Fsp3) is 0.300. The molecule has 0 aliphatic heterocycles. The summed E-state index contributed by atoms with van der Waals surface area (Å²) in [5.41, 5.74) is 4.72. The summed E-state index contributed by atoms with van der Waals surface area (Å²) in [6.45, 7) is 8.52. The standard InChI is InChI=1S/C30H32FN7O/c1-5-6-10-21-19-38(27-24(30(2,3)4)13-9-14-25(27)31)29(39)37(21)18-20-15-16-26(32-17-20)22-11-7-8-12-23(22)28-33-35-36-34-28/h7-9,11-17,19H,5-6,10,18H2,1-4H3,(H,33,34,35,36). The van der Waals surface area contributed by atoms with Crippen molar-refractivity contribution in [2.24, 2.45) is 0 Å². The summed E-state index contributed by atoms with van der Waals surface area (Å²) in [5, 5.41) is 14.4. The van der Waals surface area contributed by atoms with Crippen molar-refractivity contribution in [2.75, 3.05) is 0 Å². The molecule has 5 rings (SSSR count). The first-order valence-corrected chi connectivity index (χ1v) is 13.2. The molecule has 0 saturated carbocycles. The van der Waals surface area contributed by atoms with Crippen molar-refractivity contribution in [2.45, 2.75) is 58.9 Å². The van der Waals surface area contributed by atoms with Crippen LogP contribution in [0, 0.1) is 5.82 Å². The third-order valence-corrected chi connectivity index (χ3v) is 6.84. The number of tetrazole rings is 1. The van der Waals surface area contributed by atoms with E-state index >= 15 is 4.39 Å². The minimum atomic E-state index is -0.407. The van der Waals surface area contributed by atoms with Crippen LogP contribution >= 0.6 is 0 Å². The van der Waals surface area contributed by atoms with E-state index in [1.54, 1.807) is 23.0 Å². The number of nitrogens with one attached hydrogen (secondary N) is 1. The van der Waals surface area contributed by atoms with Gasteiger partial charge in [-0.3, -0.25) is 14.1 Å². The van der Waals surface area contributed by atoms with Crippen LogP contribution in [0.1, 0.15) is 57.4 Å². The normalized spacial score (nSPS) is 11.7. The minimum absolute atomic E-state index is 0.261. The van der Waals surface area contributed by atoms with E-state index in [2.05, 4.69) is 27.5 Å². The van der Waals surface area contributed by atoms with Gasteiger partial charge in [-0.25, -0.2) is 9.18 Å². The Bertz CT molecular complexity index is 1630. The maximum absolute atomic E-state index is 15.2. The Morgan fingerprint density at radius 1 is 1.00 bits per heavy atom. The maximum atomic E-state index is 15.2. The van der Waals surface area contributed by atoms with Crippen molar-refractivity contribution in [3.63, 3.8) is 0 Å². The Kier molecular flexibility index (Phi) is 7.24. The summed E-state index contributed by atoms with van der Waals surface area (Å²) in [4.78, 5) is 18.5. The molecule has 0 bridgehead atoms. The number of hydrogen-bond donors (Lipinski definition) is 1. The molecule has 0 aliphatic rings. The number of aromatic nitrogens is 7. The second kappa shape index (κ2) is 10.8. The lowest BCUT2D eigenvalue weighted by atomic mass is 9.85. The number of pyridine rings is 1. The van der Waals surface area contributed by atoms with Crippen LogP contribution in [0.4, 0.5) is 4.39 Å². The van der Waals surface area contributed by atoms with Crippen molar-refractivity contribution >= 4 is 0 Å². The van der Waals surface area contributed by atoms with Crippen LogP contribution in [0.5, 0.6) is 0 Å². The number of benzene rings is 2. The predicted molar refractivity (Wildman–Crippen MR) is 149 cm³/mol. The molecule has 0 radical (unpaired) electrons. The van der Waals surface area contributed by atoms with Crippen molar-refractivity contribution in [3.05, 3.63) is 100 Å². The average Bonchev–Trinajstić information content (AvgIpc) is 3.56. The number of nitrogens with zero attached hydrogens (tertiary/aromatic N) is 6. The molecular weight excluding hydrogens is 493 g/mol. The number of rotatable bonds is 8. The van der Waals surface area contributed by atoms with Gasteiger partial charge in [0.1, 0.15) is 5.82 Å². The largest absolute Gasteiger partial charge is 0.333 e. The molecule has 0 saturated heterocycles. The molecule has 3 heterocycles. The highest BCUT2D eigenvalue weighted by molar-refractivity contribution is 5.78. The number of halogens is 1. The summed E-state index contributed by atoms with van der Waals surface area (Å²) in [7, 11) is 0. The van der Waals surface area contributed by atoms with E-state index in [0.29, 0.717) is 18.1 Å². The fourth-order valence-corrected chi connectivity index (χ4v) is 4.82. The van der Waals surface area contributed by atoms with Crippen LogP contribution in [0.25, 0.3) is 28.3 Å². The van der Waals surface area contributed by atoms with Crippen LogP contribution < -0.4 is 5.69 Å². The second-order valence-corrected chi connectivity index (χ2v) is 10.7. The van der Waals surface area contributed by atoms with Gasteiger partial charge < -0.3 is 0 Å². The van der Waals surface area contributed by atoms with E-state index in [1.165, 1.54) is 10.6 Å². The van der Waals surface area contributed by atoms with Gasteiger partial charge in [0.15, 0.2) is 0 Å². The third-order valence-electron chi connectivity index (χ3n) is 6.84. The van der Waals surface area contributed by atoms with E-state index in [0.717, 1.165) is 52.9 Å². The zero-order valence-electron chi connectivity index (χ0n) is 22.6. The van der Waals surface area contributed by atoms with Crippen LogP contribution in [0.15, 0.2) is 71.8 Å². The Morgan fingerprint density at radius 3 is 2.46 bits per heavy atom. The molecule has 0 aliphatic carbocycles. The molecule has 2 aromatic carbocycles. The second-order valence-electron chi connectivity index (χ2n) is 10.7. The minimum Gasteiger partial charge on any atom is -0.292 e. The quantitative estimate of drug-likeness (QED) is 0.280. The molecule has 0 unspecified atom stereocenters. The smallest absolute Gasteiger partial charge is 0.292 e. The Morgan fingerprint density at radius 2 is 1.79 bits per heavy atom. The zero-order chi connectivity index (χ0) is 27.6. The van der Waals surface area contributed by atoms with Crippen molar-refractivity contribution < 1.29 is 4.39 Å². The first-order valence-electron chi connectivity index (χ1n) is 13.2. The number of H-pyrrole nitrogens is 1. The maximum Gasteiger partial charge on any atom is 0.333 e. The summed E-state index contributed by atoms with van der Waals surface area (Å²) in [5.74, 6) is 0.0858. The Balaban J connectivity index is 1.52. The molecule has 1 N–H and O–H groups in total. The van der Waals surface area contributed by atoms with Crippen LogP contribution in [0.3, 0.4) is 0 Å². The fourth-order valence-electron chi connectivity index (χ4n) is 4.82. The summed E-state index contributed by atoms with van der Waals surface area (Å²) >= 11 is 0. The highest BCUT2D eigenvalue weighted by Crippen LogP contribution is 2.31. The van der Waals surface area contributed by atoms with Crippen LogP contribution in [-0.2, 0) is 18.4 Å². The van der Waals surface area contributed by atoms with Gasteiger partial charge in [0, 0.05) is 29.2 Å². The lowest BCUT2D eigenvalue weighted by Crippen LogP contribution is -2.27. The lowest BCUT2D eigenvalue weighted by Gasteiger charge is -2.23. The molecule has 0 atom stereocenters. The summed E-state index contributed by atoms with van der Waals surface area (Å²) in [6, 6.07) is 16.6. The Labute approximate surface area is 226 Å². The number of aromatic amines is 1. The summed E-state index contributed by atoms with van der Waals surface area (Å²) in [6.07, 6.45) is 6.22. The van der Waals surface area contributed by atoms with Gasteiger partial charge in [-0.1, -0.05) is 76.6 Å². The number of imidazole rings is 1. The molecule has 8 nitrogen and oxygen atoms in total. The molecule has 0 spiro atoms. The number of para-hydroxylation sites is 1. The molecule has 5 aromatic rings. The number of hydrogen-bond acceptors (Lipinski definition) is 5. The molecule has 3 aromatic heterocycles. The molecule has 39 heavy (non-hydrogen) atoms. The van der Waals surface area contributed by atoms with Crippen molar-refractivity contribution in [1.29, 1.82) is 0 Å². The van der Waals surface area contributed by atoms with E-state index in [-0.39, 0.29) is 11.1 Å². The SMILES string of the molecule is CCCCc1cn(-c2c(F)cccc2C(C)(C)C)c(=O)n1Cc1ccc(-c2ccccc2-c2nn[nH]n2)nc1. The first kappa shape index (κ1) is 26.2. The van der Waals surface area contributed by atoms with Gasteiger partial charge in [-0.15, -0.1) is 10.2 Å². The highest BCUT2D eigenvalue weighted by Gasteiger charge is 2.24. The molecule has 0 amide bonds. The Hall–Kier alpha value is -4.40. The molecule has 200 valence electrons. The van der Waals surface area contributed by atoms with Gasteiger partial charge in [0.25, 0.3) is 0 Å². The van der Waals surface area contributed by atoms with E-state index in [1.807, 2.05) is 63.2 Å². The van der Waals surface area contributed by atoms with Crippen molar-refractivity contribution in [1.82, 2.24) is 34.7 Å². The zero-order valence-corrected chi connectivity index (χ0v) is 22.6. The predicted octanol–water partition coefficient (Wildman–Crippen LogP) is 5.71. The average molecular weight is 526 g/mol. The first-order chi connectivity index (χ1) is 18.8. The van der Waals surface area contributed by atoms with Crippen LogP contribution in [-0.4, -0.2) is 34.7 Å². The van der Waals surface area contributed by atoms with Gasteiger partial charge in [0.2, 0.25) is 5.82 Å². The summed E-state index contributed by atoms with van der Waals surface area (Å²) < 4.78 is 18.4. The lowest BCUT2D eigenvalue weighted by molar-refractivity contribution is 0.560.